The minimum absolute atomic E-state index is 0.0303. The van der Waals surface area contributed by atoms with Gasteiger partial charge in [0.2, 0.25) is 5.91 Å². The zero-order valence-electron chi connectivity index (χ0n) is 12.2. The first-order valence-electron chi connectivity index (χ1n) is 7.35. The van der Waals surface area contributed by atoms with Gasteiger partial charge in [-0.3, -0.25) is 4.79 Å². The maximum Gasteiger partial charge on any atom is 0.239 e. The number of carbonyl (C=O) groups excluding carboxylic acids is 1. The maximum atomic E-state index is 12.6. The summed E-state index contributed by atoms with van der Waals surface area (Å²) in [4.78, 5) is 14.4. The highest BCUT2D eigenvalue weighted by atomic mass is 35.5. The third kappa shape index (κ3) is 3.74. The molecular formula is C16H23ClN2O. The molecule has 1 saturated heterocycles. The fourth-order valence-corrected chi connectivity index (χ4v) is 2.77. The van der Waals surface area contributed by atoms with Gasteiger partial charge in [0.05, 0.1) is 12.1 Å². The van der Waals surface area contributed by atoms with Crippen molar-refractivity contribution in [3.63, 3.8) is 0 Å². The van der Waals surface area contributed by atoms with Crippen LogP contribution in [-0.2, 0) is 4.79 Å². The Morgan fingerprint density at radius 2 is 2.00 bits per heavy atom. The first-order valence-corrected chi connectivity index (χ1v) is 7.73. The van der Waals surface area contributed by atoms with Crippen molar-refractivity contribution in [2.75, 3.05) is 13.6 Å². The van der Waals surface area contributed by atoms with Gasteiger partial charge in [0.15, 0.2) is 0 Å². The number of benzene rings is 1. The molecule has 2 atom stereocenters. The lowest BCUT2D eigenvalue weighted by Gasteiger charge is -2.29. The fourth-order valence-electron chi connectivity index (χ4n) is 2.64. The molecule has 0 spiro atoms. The molecule has 0 saturated carbocycles. The van der Waals surface area contributed by atoms with Crippen molar-refractivity contribution in [1.82, 2.24) is 10.2 Å². The molecule has 4 heteroatoms. The van der Waals surface area contributed by atoms with Crippen LogP contribution in [0.4, 0.5) is 0 Å². The third-order valence-electron chi connectivity index (χ3n) is 4.14. The first-order chi connectivity index (χ1) is 9.59. The molecule has 0 aliphatic carbocycles. The summed E-state index contributed by atoms with van der Waals surface area (Å²) in [5.41, 5.74) is 1.11. The Bertz CT molecular complexity index is 438. The summed E-state index contributed by atoms with van der Waals surface area (Å²) in [7, 11) is 1.88. The molecule has 1 aliphatic heterocycles. The molecule has 1 aliphatic rings. The van der Waals surface area contributed by atoms with Gasteiger partial charge in [-0.2, -0.15) is 0 Å². The molecule has 3 nitrogen and oxygen atoms in total. The van der Waals surface area contributed by atoms with E-state index in [2.05, 4.69) is 12.2 Å². The van der Waals surface area contributed by atoms with E-state index in [0.717, 1.165) is 30.0 Å². The summed E-state index contributed by atoms with van der Waals surface area (Å²) in [6.07, 6.45) is 4.45. The molecule has 2 unspecified atom stereocenters. The molecular weight excluding hydrogens is 272 g/mol. The topological polar surface area (TPSA) is 32.3 Å². The summed E-state index contributed by atoms with van der Waals surface area (Å²) >= 11 is 5.91. The number of nitrogens with one attached hydrogen (secondary N) is 1. The molecule has 0 aromatic heterocycles. The zero-order valence-corrected chi connectivity index (χ0v) is 13.0. The molecule has 0 bridgehead atoms. The number of hydrogen-bond acceptors (Lipinski definition) is 2. The molecule has 1 N–H and O–H groups in total. The van der Waals surface area contributed by atoms with E-state index in [1.54, 1.807) is 0 Å². The fraction of sp³-hybridized carbons (Fsp3) is 0.562. The molecule has 1 amide bonds. The van der Waals surface area contributed by atoms with E-state index < -0.39 is 0 Å². The average molecular weight is 295 g/mol. The van der Waals surface area contributed by atoms with Gasteiger partial charge in [0, 0.05) is 12.1 Å². The van der Waals surface area contributed by atoms with E-state index >= 15 is 0 Å². The Morgan fingerprint density at radius 3 is 2.70 bits per heavy atom. The standard InChI is InChI=1S/C16H23ClN2O/c1-12(13-7-9-14(17)10-8-13)19(2)16(20)15-6-4-3-5-11-18-15/h7-10,12,15,18H,3-6,11H2,1-2H3. The van der Waals surface area contributed by atoms with E-state index in [1.165, 1.54) is 12.8 Å². The van der Waals surface area contributed by atoms with Gasteiger partial charge in [-0.25, -0.2) is 0 Å². The molecule has 2 rings (SSSR count). The summed E-state index contributed by atoms with van der Waals surface area (Å²) in [5, 5.41) is 4.09. The molecule has 1 fully saturated rings. The van der Waals surface area contributed by atoms with E-state index in [0.29, 0.717) is 0 Å². The highest BCUT2D eigenvalue weighted by molar-refractivity contribution is 6.30. The van der Waals surface area contributed by atoms with Crippen molar-refractivity contribution in [3.05, 3.63) is 34.9 Å². The van der Waals surface area contributed by atoms with Crippen molar-refractivity contribution in [2.24, 2.45) is 0 Å². The van der Waals surface area contributed by atoms with Gasteiger partial charge in [-0.05, 0) is 44.0 Å². The van der Waals surface area contributed by atoms with Crippen LogP contribution in [0.3, 0.4) is 0 Å². The van der Waals surface area contributed by atoms with Crippen molar-refractivity contribution >= 4 is 17.5 Å². The van der Waals surface area contributed by atoms with Crippen LogP contribution in [0.15, 0.2) is 24.3 Å². The normalized spacial score (nSPS) is 21.1. The van der Waals surface area contributed by atoms with Crippen LogP contribution in [0.25, 0.3) is 0 Å². The van der Waals surface area contributed by atoms with Crippen molar-refractivity contribution in [2.45, 2.75) is 44.7 Å². The monoisotopic (exact) mass is 294 g/mol. The smallest absolute Gasteiger partial charge is 0.239 e. The number of rotatable bonds is 3. The van der Waals surface area contributed by atoms with Crippen LogP contribution < -0.4 is 5.32 Å². The largest absolute Gasteiger partial charge is 0.338 e. The number of amides is 1. The number of carbonyl (C=O) groups is 1. The van der Waals surface area contributed by atoms with Crippen LogP contribution >= 0.6 is 11.6 Å². The predicted octanol–water partition coefficient (Wildman–Crippen LogP) is 3.39. The Labute approximate surface area is 126 Å². The lowest BCUT2D eigenvalue weighted by molar-refractivity contribution is -0.134. The van der Waals surface area contributed by atoms with Crippen LogP contribution in [-0.4, -0.2) is 30.4 Å². The number of hydrogen-bond donors (Lipinski definition) is 1. The van der Waals surface area contributed by atoms with Gasteiger partial charge >= 0.3 is 0 Å². The van der Waals surface area contributed by atoms with Gasteiger partial charge in [0.25, 0.3) is 0 Å². The molecule has 0 radical (unpaired) electrons. The maximum absolute atomic E-state index is 12.6. The Morgan fingerprint density at radius 1 is 1.30 bits per heavy atom. The van der Waals surface area contributed by atoms with Crippen LogP contribution in [0.5, 0.6) is 0 Å². The second-order valence-corrected chi connectivity index (χ2v) is 5.97. The SMILES string of the molecule is CC(c1ccc(Cl)cc1)N(C)C(=O)C1CCCCCN1. The second kappa shape index (κ2) is 7.09. The van der Waals surface area contributed by atoms with E-state index in [1.807, 2.05) is 36.2 Å². The van der Waals surface area contributed by atoms with Crippen molar-refractivity contribution in [1.29, 1.82) is 0 Å². The number of likely N-dealkylation sites (N-methyl/N-ethyl adjacent to an activating group) is 1. The molecule has 110 valence electrons. The molecule has 1 aromatic carbocycles. The van der Waals surface area contributed by atoms with Crippen molar-refractivity contribution < 1.29 is 4.79 Å². The lowest BCUT2D eigenvalue weighted by Crippen LogP contribution is -2.45. The number of nitrogens with zero attached hydrogens (tertiary/aromatic N) is 1. The van der Waals surface area contributed by atoms with Crippen LogP contribution in [0.2, 0.25) is 5.02 Å². The molecule has 1 heterocycles. The average Bonchev–Trinajstić information content (AvgIpc) is 2.75. The summed E-state index contributed by atoms with van der Waals surface area (Å²) in [6, 6.07) is 7.74. The Kier molecular flexibility index (Phi) is 5.44. The van der Waals surface area contributed by atoms with E-state index in [9.17, 15) is 4.79 Å². The van der Waals surface area contributed by atoms with E-state index in [4.69, 9.17) is 11.6 Å². The van der Waals surface area contributed by atoms with Gasteiger partial charge in [-0.1, -0.05) is 36.6 Å². The Balaban J connectivity index is 2.03. The molecule has 1 aromatic rings. The summed E-state index contributed by atoms with van der Waals surface area (Å²) in [6.45, 7) is 3.00. The lowest BCUT2D eigenvalue weighted by atomic mass is 10.0. The zero-order chi connectivity index (χ0) is 14.5. The quantitative estimate of drug-likeness (QED) is 0.927. The highest BCUT2D eigenvalue weighted by Crippen LogP contribution is 2.22. The van der Waals surface area contributed by atoms with Gasteiger partial charge < -0.3 is 10.2 Å². The highest BCUT2D eigenvalue weighted by Gasteiger charge is 2.25. The third-order valence-corrected chi connectivity index (χ3v) is 4.39. The molecule has 20 heavy (non-hydrogen) atoms. The Hall–Kier alpha value is -1.06. The van der Waals surface area contributed by atoms with Crippen LogP contribution in [0, 0.1) is 0 Å². The van der Waals surface area contributed by atoms with Crippen molar-refractivity contribution in [3.8, 4) is 0 Å². The van der Waals surface area contributed by atoms with Gasteiger partial charge in [-0.15, -0.1) is 0 Å². The number of halogens is 1. The minimum Gasteiger partial charge on any atom is -0.338 e. The minimum atomic E-state index is -0.0303. The summed E-state index contributed by atoms with van der Waals surface area (Å²) in [5.74, 6) is 0.189. The van der Waals surface area contributed by atoms with Gasteiger partial charge in [0.1, 0.15) is 0 Å². The first kappa shape index (κ1) is 15.3. The van der Waals surface area contributed by atoms with Crippen LogP contribution in [0.1, 0.15) is 44.2 Å². The summed E-state index contributed by atoms with van der Waals surface area (Å²) < 4.78 is 0. The second-order valence-electron chi connectivity index (χ2n) is 5.53. The van der Waals surface area contributed by atoms with E-state index in [-0.39, 0.29) is 18.0 Å². The predicted molar refractivity (Wildman–Crippen MR) is 82.9 cm³/mol.